The van der Waals surface area contributed by atoms with Crippen LogP contribution in [0.3, 0.4) is 0 Å². The first kappa shape index (κ1) is 17.3. The van der Waals surface area contributed by atoms with E-state index in [2.05, 4.69) is 20.4 Å². The quantitative estimate of drug-likeness (QED) is 0.747. The number of likely N-dealkylation sites (tertiary alicyclic amines) is 1. The van der Waals surface area contributed by atoms with Gasteiger partial charge in [-0.25, -0.2) is 14.3 Å². The molecule has 8 nitrogen and oxygen atoms in total. The minimum Gasteiger partial charge on any atom is -0.450 e. The van der Waals surface area contributed by atoms with E-state index < -0.39 is 0 Å². The summed E-state index contributed by atoms with van der Waals surface area (Å²) in [5.74, 6) is 0.742. The summed E-state index contributed by atoms with van der Waals surface area (Å²) in [5, 5.41) is 8.02. The van der Waals surface area contributed by atoms with Crippen molar-refractivity contribution >= 4 is 17.6 Å². The van der Waals surface area contributed by atoms with Crippen LogP contribution in [-0.4, -0.2) is 56.3 Å². The third-order valence-corrected chi connectivity index (χ3v) is 4.74. The number of ether oxygens (including phenoxy) is 1. The first-order chi connectivity index (χ1) is 13.3. The van der Waals surface area contributed by atoms with Crippen LogP contribution in [-0.2, 0) is 4.74 Å². The zero-order chi connectivity index (χ0) is 18.6. The van der Waals surface area contributed by atoms with Crippen LogP contribution >= 0.6 is 0 Å². The maximum atomic E-state index is 12.1. The number of hydrogen-bond acceptors (Lipinski definition) is 6. The predicted octanol–water partition coefficient (Wildman–Crippen LogP) is 2.82. The standard InChI is InChI=1S/C19H22N6O2/c1-2-27-19(26)24-11-3-4-15(24)12-21-17-5-6-18-22-13-16(25(18)23-17)14-7-9-20-10-8-14/h5-10,13,15H,2-4,11-12H2,1H3,(H,21,23)/t15-/m0/s1. The van der Waals surface area contributed by atoms with Gasteiger partial charge in [0.25, 0.3) is 0 Å². The molecular weight excluding hydrogens is 344 g/mol. The molecule has 3 aromatic rings. The van der Waals surface area contributed by atoms with Gasteiger partial charge in [0.15, 0.2) is 5.65 Å². The number of nitrogens with one attached hydrogen (secondary N) is 1. The van der Waals surface area contributed by atoms with Gasteiger partial charge in [-0.3, -0.25) is 4.98 Å². The Morgan fingerprint density at radius 2 is 2.15 bits per heavy atom. The number of amides is 1. The van der Waals surface area contributed by atoms with Gasteiger partial charge < -0.3 is 15.0 Å². The van der Waals surface area contributed by atoms with Crippen LogP contribution < -0.4 is 5.32 Å². The number of fused-ring (bicyclic) bond motifs is 1. The molecule has 4 heterocycles. The molecule has 0 radical (unpaired) electrons. The SMILES string of the molecule is CCOC(=O)N1CCC[C@H]1CNc1ccc2ncc(-c3ccncc3)n2n1. The maximum absolute atomic E-state index is 12.1. The fourth-order valence-electron chi connectivity index (χ4n) is 3.40. The molecule has 1 saturated heterocycles. The lowest BCUT2D eigenvalue weighted by atomic mass is 10.2. The van der Waals surface area contributed by atoms with Gasteiger partial charge in [0.1, 0.15) is 5.82 Å². The van der Waals surface area contributed by atoms with Crippen molar-refractivity contribution < 1.29 is 9.53 Å². The number of carbonyl (C=O) groups excluding carboxylic acids is 1. The molecule has 1 fully saturated rings. The zero-order valence-electron chi connectivity index (χ0n) is 15.2. The number of hydrogen-bond donors (Lipinski definition) is 1. The van der Waals surface area contributed by atoms with Gasteiger partial charge in [-0.2, -0.15) is 0 Å². The number of aromatic nitrogens is 4. The molecular formula is C19H22N6O2. The first-order valence-electron chi connectivity index (χ1n) is 9.18. The summed E-state index contributed by atoms with van der Waals surface area (Å²) in [6, 6.07) is 7.81. The Bertz CT molecular complexity index is 926. The largest absolute Gasteiger partial charge is 0.450 e. The highest BCUT2D eigenvalue weighted by Gasteiger charge is 2.29. The maximum Gasteiger partial charge on any atom is 0.410 e. The Kier molecular flexibility index (Phi) is 4.86. The van der Waals surface area contributed by atoms with Gasteiger partial charge in [-0.15, -0.1) is 5.10 Å². The average Bonchev–Trinajstić information content (AvgIpc) is 3.34. The highest BCUT2D eigenvalue weighted by Crippen LogP contribution is 2.21. The lowest BCUT2D eigenvalue weighted by Crippen LogP contribution is -2.40. The van der Waals surface area contributed by atoms with Crippen molar-refractivity contribution in [3.05, 3.63) is 42.9 Å². The number of anilines is 1. The monoisotopic (exact) mass is 366 g/mol. The molecule has 8 heteroatoms. The van der Waals surface area contributed by atoms with Crippen LogP contribution in [0, 0.1) is 0 Å². The van der Waals surface area contributed by atoms with Crippen molar-refractivity contribution in [1.29, 1.82) is 0 Å². The molecule has 0 spiro atoms. The lowest BCUT2D eigenvalue weighted by molar-refractivity contribution is 0.104. The molecule has 3 aromatic heterocycles. The summed E-state index contributed by atoms with van der Waals surface area (Å²) in [4.78, 5) is 22.3. The molecule has 0 aliphatic carbocycles. The van der Waals surface area contributed by atoms with Gasteiger partial charge in [0.05, 0.1) is 24.5 Å². The third kappa shape index (κ3) is 3.55. The highest BCUT2D eigenvalue weighted by atomic mass is 16.6. The topological polar surface area (TPSA) is 84.6 Å². The number of rotatable bonds is 5. The van der Waals surface area contributed by atoms with E-state index in [0.29, 0.717) is 13.2 Å². The molecule has 0 unspecified atom stereocenters. The van der Waals surface area contributed by atoms with E-state index in [-0.39, 0.29) is 12.1 Å². The fraction of sp³-hybridized carbons (Fsp3) is 0.368. The second-order valence-corrected chi connectivity index (χ2v) is 6.44. The van der Waals surface area contributed by atoms with Crippen molar-refractivity contribution in [3.8, 4) is 11.3 Å². The summed E-state index contributed by atoms with van der Waals surface area (Å²) in [6.07, 6.45) is 7.02. The summed E-state index contributed by atoms with van der Waals surface area (Å²) >= 11 is 0. The Labute approximate surface area is 157 Å². The number of nitrogens with zero attached hydrogens (tertiary/aromatic N) is 5. The van der Waals surface area contributed by atoms with Crippen LogP contribution in [0.4, 0.5) is 10.6 Å². The second-order valence-electron chi connectivity index (χ2n) is 6.44. The van der Waals surface area contributed by atoms with Crippen LogP contribution in [0.1, 0.15) is 19.8 Å². The predicted molar refractivity (Wildman–Crippen MR) is 101 cm³/mol. The van der Waals surface area contributed by atoms with E-state index >= 15 is 0 Å². The van der Waals surface area contributed by atoms with Crippen LogP contribution in [0.25, 0.3) is 16.9 Å². The minimum absolute atomic E-state index is 0.115. The molecule has 0 bridgehead atoms. The van der Waals surface area contributed by atoms with Crippen molar-refractivity contribution in [2.75, 3.05) is 25.0 Å². The van der Waals surface area contributed by atoms with Crippen molar-refractivity contribution in [3.63, 3.8) is 0 Å². The molecule has 0 saturated carbocycles. The molecule has 0 aromatic carbocycles. The van der Waals surface area contributed by atoms with Gasteiger partial charge >= 0.3 is 6.09 Å². The van der Waals surface area contributed by atoms with Gasteiger partial charge in [-0.05, 0) is 44.0 Å². The Morgan fingerprint density at radius 1 is 1.30 bits per heavy atom. The second kappa shape index (κ2) is 7.61. The number of imidazole rings is 1. The Balaban J connectivity index is 1.50. The summed E-state index contributed by atoms with van der Waals surface area (Å²) in [7, 11) is 0. The number of carbonyl (C=O) groups is 1. The Morgan fingerprint density at radius 3 is 2.96 bits per heavy atom. The van der Waals surface area contributed by atoms with E-state index in [9.17, 15) is 4.79 Å². The molecule has 27 heavy (non-hydrogen) atoms. The average molecular weight is 366 g/mol. The number of pyridine rings is 1. The smallest absolute Gasteiger partial charge is 0.410 e. The summed E-state index contributed by atoms with van der Waals surface area (Å²) < 4.78 is 6.96. The van der Waals surface area contributed by atoms with Crippen molar-refractivity contribution in [2.45, 2.75) is 25.8 Å². The van der Waals surface area contributed by atoms with Gasteiger partial charge in [0, 0.05) is 31.0 Å². The molecule has 1 aliphatic rings. The molecule has 1 amide bonds. The van der Waals surface area contributed by atoms with Crippen LogP contribution in [0.5, 0.6) is 0 Å². The van der Waals surface area contributed by atoms with E-state index in [4.69, 9.17) is 4.74 Å². The third-order valence-electron chi connectivity index (χ3n) is 4.74. The normalized spacial score (nSPS) is 16.6. The summed E-state index contributed by atoms with van der Waals surface area (Å²) in [6.45, 7) is 3.60. The van der Waals surface area contributed by atoms with E-state index in [0.717, 1.165) is 42.1 Å². The van der Waals surface area contributed by atoms with E-state index in [1.54, 1.807) is 23.5 Å². The van der Waals surface area contributed by atoms with E-state index in [1.807, 2.05) is 35.7 Å². The van der Waals surface area contributed by atoms with E-state index in [1.165, 1.54) is 0 Å². The zero-order valence-corrected chi connectivity index (χ0v) is 15.2. The minimum atomic E-state index is -0.236. The Hall–Kier alpha value is -3.16. The molecule has 1 atom stereocenters. The molecule has 140 valence electrons. The summed E-state index contributed by atoms with van der Waals surface area (Å²) in [5.41, 5.74) is 2.69. The van der Waals surface area contributed by atoms with Gasteiger partial charge in [-0.1, -0.05) is 0 Å². The van der Waals surface area contributed by atoms with Gasteiger partial charge in [0.2, 0.25) is 0 Å². The first-order valence-corrected chi connectivity index (χ1v) is 9.18. The van der Waals surface area contributed by atoms with Crippen LogP contribution in [0.2, 0.25) is 0 Å². The van der Waals surface area contributed by atoms with Crippen molar-refractivity contribution in [1.82, 2.24) is 24.5 Å². The molecule has 1 aliphatic heterocycles. The van der Waals surface area contributed by atoms with Crippen molar-refractivity contribution in [2.24, 2.45) is 0 Å². The van der Waals surface area contributed by atoms with Crippen LogP contribution in [0.15, 0.2) is 42.9 Å². The lowest BCUT2D eigenvalue weighted by Gasteiger charge is -2.24. The highest BCUT2D eigenvalue weighted by molar-refractivity contribution is 5.68. The molecule has 4 rings (SSSR count). The fourth-order valence-corrected chi connectivity index (χ4v) is 3.40. The molecule has 1 N–H and O–H groups in total.